The molecule has 158 valence electrons. The second-order valence-corrected chi connectivity index (χ2v) is 7.81. The number of aryl methyl sites for hydroxylation is 1. The molecule has 32 heavy (non-hydrogen) atoms. The molecule has 1 aromatic heterocycles. The minimum absolute atomic E-state index is 0.0761. The quantitative estimate of drug-likeness (QED) is 0.414. The zero-order chi connectivity index (χ0) is 21.9. The van der Waals surface area contributed by atoms with Crippen molar-refractivity contribution in [3.8, 4) is 11.3 Å². The van der Waals surface area contributed by atoms with E-state index < -0.39 is 0 Å². The average Bonchev–Trinajstić information content (AvgIpc) is 3.09. The lowest BCUT2D eigenvalue weighted by Gasteiger charge is -2.08. The highest BCUT2D eigenvalue weighted by molar-refractivity contribution is 6.18. The molecule has 1 aliphatic heterocycles. The Kier molecular flexibility index (Phi) is 5.25. The first kappa shape index (κ1) is 19.8. The molecule has 1 aliphatic rings. The Morgan fingerprint density at radius 1 is 0.969 bits per heavy atom. The maximum atomic E-state index is 12.7. The average molecular weight is 422 g/mol. The number of anilines is 1. The van der Waals surface area contributed by atoms with E-state index in [-0.39, 0.29) is 11.8 Å². The van der Waals surface area contributed by atoms with E-state index in [9.17, 15) is 9.59 Å². The number of hydrazone groups is 1. The molecular formula is C26H22N4O2. The molecule has 6 heteroatoms. The van der Waals surface area contributed by atoms with Crippen molar-refractivity contribution >= 4 is 34.6 Å². The smallest absolute Gasteiger partial charge is 0.272 e. The first-order valence-corrected chi connectivity index (χ1v) is 10.6. The minimum atomic E-state index is -0.302. The molecule has 0 spiro atoms. The second kappa shape index (κ2) is 8.51. The van der Waals surface area contributed by atoms with Gasteiger partial charge in [0.15, 0.2) is 0 Å². The molecule has 0 saturated heterocycles. The van der Waals surface area contributed by atoms with Crippen molar-refractivity contribution in [3.05, 3.63) is 89.5 Å². The lowest BCUT2D eigenvalue weighted by molar-refractivity contribution is -0.116. The predicted octanol–water partition coefficient (Wildman–Crippen LogP) is 4.87. The number of carbonyl (C=O) groups excluding carboxylic acids is 2. The third-order valence-corrected chi connectivity index (χ3v) is 5.60. The largest absolute Gasteiger partial charge is 0.354 e. The van der Waals surface area contributed by atoms with E-state index in [1.807, 2.05) is 54.6 Å². The van der Waals surface area contributed by atoms with E-state index in [0.717, 1.165) is 40.6 Å². The van der Waals surface area contributed by atoms with Gasteiger partial charge in [-0.05, 0) is 36.1 Å². The summed E-state index contributed by atoms with van der Waals surface area (Å²) < 4.78 is 0. The lowest BCUT2D eigenvalue weighted by Crippen LogP contribution is -2.17. The normalized spacial score (nSPS) is 12.4. The summed E-state index contributed by atoms with van der Waals surface area (Å²) in [6, 6.07) is 23.6. The van der Waals surface area contributed by atoms with Gasteiger partial charge >= 0.3 is 0 Å². The monoisotopic (exact) mass is 422 g/mol. The van der Waals surface area contributed by atoms with Crippen LogP contribution in [-0.4, -0.2) is 23.0 Å². The molecule has 0 unspecified atom stereocenters. The van der Waals surface area contributed by atoms with E-state index >= 15 is 0 Å². The van der Waals surface area contributed by atoms with Gasteiger partial charge in [0.1, 0.15) is 0 Å². The fourth-order valence-electron chi connectivity index (χ4n) is 4.11. The number of rotatable bonds is 6. The molecule has 0 saturated carbocycles. The van der Waals surface area contributed by atoms with Crippen molar-refractivity contribution in [2.45, 2.75) is 19.3 Å². The van der Waals surface area contributed by atoms with Crippen LogP contribution in [0.15, 0.2) is 77.9 Å². The zero-order valence-electron chi connectivity index (χ0n) is 17.4. The van der Waals surface area contributed by atoms with Crippen molar-refractivity contribution in [1.82, 2.24) is 10.4 Å². The Hall–Kier alpha value is -4.19. The van der Waals surface area contributed by atoms with Gasteiger partial charge in [-0.1, -0.05) is 60.7 Å². The highest BCUT2D eigenvalue weighted by atomic mass is 16.2. The number of aromatic amines is 1. The van der Waals surface area contributed by atoms with Crippen LogP contribution >= 0.6 is 0 Å². The Bertz CT molecular complexity index is 1320. The van der Waals surface area contributed by atoms with E-state index in [2.05, 4.69) is 33.0 Å². The summed E-state index contributed by atoms with van der Waals surface area (Å²) in [5, 5.41) is 7.82. The standard InChI is InChI=1S/C26H22N4O2/c31-23(13-7-10-17-8-3-1-4-9-17)28-19-14-20-24-21(16-27-30-26(20)32)25(29-22(24)15-19)18-11-5-2-6-12-18/h1-6,8-9,11-12,14-16,29H,7,10,13H2,(H,28,31)(H,30,32). The summed E-state index contributed by atoms with van der Waals surface area (Å²) in [5.41, 5.74) is 8.34. The summed E-state index contributed by atoms with van der Waals surface area (Å²) in [5.74, 6) is -0.378. The minimum Gasteiger partial charge on any atom is -0.354 e. The van der Waals surface area contributed by atoms with Gasteiger partial charge in [-0.3, -0.25) is 9.59 Å². The number of nitrogens with one attached hydrogen (secondary N) is 3. The predicted molar refractivity (Wildman–Crippen MR) is 127 cm³/mol. The topological polar surface area (TPSA) is 86.3 Å². The van der Waals surface area contributed by atoms with Crippen LogP contribution in [0.5, 0.6) is 0 Å². The van der Waals surface area contributed by atoms with Gasteiger partial charge < -0.3 is 10.3 Å². The number of hydrogen-bond donors (Lipinski definition) is 3. The summed E-state index contributed by atoms with van der Waals surface area (Å²) >= 11 is 0. The maximum Gasteiger partial charge on any atom is 0.272 e. The molecule has 0 bridgehead atoms. The molecule has 2 heterocycles. The number of carbonyl (C=O) groups is 2. The first-order chi connectivity index (χ1) is 15.7. The van der Waals surface area contributed by atoms with E-state index in [4.69, 9.17) is 0 Å². The Morgan fingerprint density at radius 2 is 1.72 bits per heavy atom. The van der Waals surface area contributed by atoms with Crippen molar-refractivity contribution < 1.29 is 9.59 Å². The van der Waals surface area contributed by atoms with Crippen LogP contribution in [0.4, 0.5) is 5.69 Å². The van der Waals surface area contributed by atoms with Crippen LogP contribution in [0.3, 0.4) is 0 Å². The molecule has 0 fully saturated rings. The fraction of sp³-hybridized carbons (Fsp3) is 0.115. The Balaban J connectivity index is 1.42. The molecule has 0 atom stereocenters. The summed E-state index contributed by atoms with van der Waals surface area (Å²) in [6.07, 6.45) is 3.67. The van der Waals surface area contributed by atoms with Crippen LogP contribution in [0.1, 0.15) is 34.3 Å². The molecule has 5 rings (SSSR count). The molecule has 0 radical (unpaired) electrons. The summed E-state index contributed by atoms with van der Waals surface area (Å²) in [4.78, 5) is 28.6. The van der Waals surface area contributed by atoms with Gasteiger partial charge in [0, 0.05) is 28.6 Å². The first-order valence-electron chi connectivity index (χ1n) is 10.6. The molecule has 6 nitrogen and oxygen atoms in total. The SMILES string of the molecule is O=C(CCCc1ccccc1)Nc1cc2c3c(c(-c4ccccc4)[nH]c3c1)C=NNC2=O. The van der Waals surface area contributed by atoms with Crippen molar-refractivity contribution in [1.29, 1.82) is 0 Å². The number of hydrogen-bond acceptors (Lipinski definition) is 3. The molecule has 4 aromatic rings. The summed E-state index contributed by atoms with van der Waals surface area (Å²) in [6.45, 7) is 0. The Labute approximate surface area is 185 Å². The van der Waals surface area contributed by atoms with Crippen LogP contribution in [0.25, 0.3) is 22.2 Å². The third-order valence-electron chi connectivity index (χ3n) is 5.60. The molecule has 3 aromatic carbocycles. The number of H-pyrrole nitrogens is 1. The van der Waals surface area contributed by atoms with Crippen LogP contribution < -0.4 is 10.7 Å². The van der Waals surface area contributed by atoms with Crippen molar-refractivity contribution in [3.63, 3.8) is 0 Å². The second-order valence-electron chi connectivity index (χ2n) is 7.81. The van der Waals surface area contributed by atoms with E-state index in [1.54, 1.807) is 12.3 Å². The fourth-order valence-corrected chi connectivity index (χ4v) is 4.11. The van der Waals surface area contributed by atoms with Crippen LogP contribution in [0, 0.1) is 0 Å². The molecule has 2 amide bonds. The number of aromatic nitrogens is 1. The Morgan fingerprint density at radius 3 is 2.50 bits per heavy atom. The number of amides is 2. The summed E-state index contributed by atoms with van der Waals surface area (Å²) in [7, 11) is 0. The van der Waals surface area contributed by atoms with Gasteiger partial charge in [0.25, 0.3) is 5.91 Å². The van der Waals surface area contributed by atoms with E-state index in [0.29, 0.717) is 17.7 Å². The lowest BCUT2D eigenvalue weighted by atomic mass is 10.0. The number of nitrogens with zero attached hydrogens (tertiary/aromatic N) is 1. The highest BCUT2D eigenvalue weighted by Gasteiger charge is 2.22. The van der Waals surface area contributed by atoms with Crippen LogP contribution in [-0.2, 0) is 11.2 Å². The molecule has 3 N–H and O–H groups in total. The molecule has 0 aliphatic carbocycles. The third kappa shape index (κ3) is 3.90. The zero-order valence-corrected chi connectivity index (χ0v) is 17.4. The van der Waals surface area contributed by atoms with Crippen LogP contribution in [0.2, 0.25) is 0 Å². The molecular weight excluding hydrogens is 400 g/mol. The van der Waals surface area contributed by atoms with Gasteiger partial charge in [-0.2, -0.15) is 5.10 Å². The van der Waals surface area contributed by atoms with Gasteiger partial charge in [-0.25, -0.2) is 5.43 Å². The van der Waals surface area contributed by atoms with Gasteiger partial charge in [0.05, 0.1) is 17.5 Å². The van der Waals surface area contributed by atoms with Gasteiger partial charge in [-0.15, -0.1) is 0 Å². The highest BCUT2D eigenvalue weighted by Crippen LogP contribution is 2.34. The van der Waals surface area contributed by atoms with Crippen molar-refractivity contribution in [2.24, 2.45) is 5.10 Å². The number of benzene rings is 3. The maximum absolute atomic E-state index is 12.7. The van der Waals surface area contributed by atoms with E-state index in [1.165, 1.54) is 5.56 Å². The van der Waals surface area contributed by atoms with Crippen molar-refractivity contribution in [2.75, 3.05) is 5.32 Å². The van der Waals surface area contributed by atoms with Gasteiger partial charge in [0.2, 0.25) is 5.91 Å².